The molecule has 1 aromatic rings. The van der Waals surface area contributed by atoms with E-state index >= 15 is 0 Å². The monoisotopic (exact) mass is 278 g/mol. The summed E-state index contributed by atoms with van der Waals surface area (Å²) in [5.74, 6) is 5.61. The number of aliphatic hydroxyl groups excluding tert-OH is 1. The molecule has 1 saturated heterocycles. The van der Waals surface area contributed by atoms with Crippen molar-refractivity contribution in [3.63, 3.8) is 0 Å². The molecule has 1 atom stereocenters. The predicted octanol–water partition coefficient (Wildman–Crippen LogP) is 0.802. The number of carbonyl (C=O) groups is 1. The minimum absolute atomic E-state index is 0.0459. The van der Waals surface area contributed by atoms with E-state index in [9.17, 15) is 4.79 Å². The van der Waals surface area contributed by atoms with Gasteiger partial charge in [0, 0.05) is 48.4 Å². The normalized spacial score (nSPS) is 18.9. The zero-order valence-electron chi connectivity index (χ0n) is 11.0. The Balaban J connectivity index is 1.85. The van der Waals surface area contributed by atoms with Gasteiger partial charge in [0.15, 0.2) is 0 Å². The van der Waals surface area contributed by atoms with Gasteiger partial charge in [-0.2, -0.15) is 0 Å². The molecule has 1 unspecified atom stereocenters. The van der Waals surface area contributed by atoms with Crippen molar-refractivity contribution >= 4 is 17.2 Å². The van der Waals surface area contributed by atoms with Gasteiger partial charge in [0.1, 0.15) is 6.61 Å². The lowest BCUT2D eigenvalue weighted by Gasteiger charge is -2.15. The zero-order chi connectivity index (χ0) is 13.7. The average Bonchev–Trinajstić information content (AvgIpc) is 2.96. The maximum Gasteiger partial charge on any atom is 0.217 e. The van der Waals surface area contributed by atoms with Crippen LogP contribution in [0.3, 0.4) is 0 Å². The van der Waals surface area contributed by atoms with Crippen LogP contribution in [-0.2, 0) is 11.3 Å². The van der Waals surface area contributed by atoms with Gasteiger partial charge >= 0.3 is 0 Å². The Morgan fingerprint density at radius 2 is 2.53 bits per heavy atom. The molecular weight excluding hydrogens is 260 g/mol. The molecule has 1 aliphatic rings. The molecule has 0 spiro atoms. The summed E-state index contributed by atoms with van der Waals surface area (Å²) in [5.41, 5.74) is 0.964. The number of likely N-dealkylation sites (tertiary alicyclic amines) is 1. The first-order chi connectivity index (χ1) is 9.17. The first-order valence-electron chi connectivity index (χ1n) is 6.34. The second kappa shape index (κ2) is 6.71. The van der Waals surface area contributed by atoms with Gasteiger partial charge in [-0.3, -0.25) is 9.69 Å². The number of thiophene rings is 1. The van der Waals surface area contributed by atoms with Crippen LogP contribution in [0.5, 0.6) is 0 Å². The van der Waals surface area contributed by atoms with E-state index < -0.39 is 0 Å². The number of rotatable bonds is 3. The summed E-state index contributed by atoms with van der Waals surface area (Å²) in [5, 5.41) is 13.6. The summed E-state index contributed by atoms with van der Waals surface area (Å²) >= 11 is 1.69. The van der Waals surface area contributed by atoms with Crippen molar-refractivity contribution in [3.8, 4) is 11.8 Å². The molecule has 1 fully saturated rings. The Morgan fingerprint density at radius 3 is 3.26 bits per heavy atom. The molecule has 1 amide bonds. The summed E-state index contributed by atoms with van der Waals surface area (Å²) in [7, 11) is 0. The molecular formula is C14H18N2O2S. The second-order valence-corrected chi connectivity index (χ2v) is 5.68. The highest BCUT2D eigenvalue weighted by molar-refractivity contribution is 7.10. The van der Waals surface area contributed by atoms with Crippen LogP contribution in [0.4, 0.5) is 0 Å². The van der Waals surface area contributed by atoms with E-state index in [2.05, 4.69) is 28.1 Å². The summed E-state index contributed by atoms with van der Waals surface area (Å²) in [4.78, 5) is 14.6. The average molecular weight is 278 g/mol. The SMILES string of the molecule is CC(=O)NC1CCN(Cc2cc(C#CCO)cs2)C1. The highest BCUT2D eigenvalue weighted by Crippen LogP contribution is 2.19. The summed E-state index contributed by atoms with van der Waals surface area (Å²) in [6.45, 7) is 4.29. The van der Waals surface area contributed by atoms with Gasteiger partial charge < -0.3 is 10.4 Å². The minimum atomic E-state index is -0.101. The fraction of sp³-hybridized carbons (Fsp3) is 0.500. The molecule has 19 heavy (non-hydrogen) atoms. The van der Waals surface area contributed by atoms with E-state index in [-0.39, 0.29) is 18.6 Å². The Labute approximate surface area is 117 Å². The molecule has 1 aliphatic heterocycles. The van der Waals surface area contributed by atoms with Crippen molar-refractivity contribution in [2.45, 2.75) is 25.9 Å². The number of hydrogen-bond acceptors (Lipinski definition) is 4. The van der Waals surface area contributed by atoms with Crippen LogP contribution in [0.2, 0.25) is 0 Å². The second-order valence-electron chi connectivity index (χ2n) is 4.68. The van der Waals surface area contributed by atoms with Gasteiger partial charge in [0.05, 0.1) is 0 Å². The molecule has 4 nitrogen and oxygen atoms in total. The van der Waals surface area contributed by atoms with Crippen LogP contribution < -0.4 is 5.32 Å². The number of hydrogen-bond donors (Lipinski definition) is 2. The Hall–Kier alpha value is -1.35. The van der Waals surface area contributed by atoms with Crippen LogP contribution in [0.15, 0.2) is 11.4 Å². The molecule has 102 valence electrons. The maximum absolute atomic E-state index is 11.0. The quantitative estimate of drug-likeness (QED) is 0.804. The Bertz CT molecular complexity index is 501. The summed E-state index contributed by atoms with van der Waals surface area (Å²) < 4.78 is 0. The van der Waals surface area contributed by atoms with Gasteiger partial charge in [0.25, 0.3) is 0 Å². The third-order valence-electron chi connectivity index (χ3n) is 3.02. The molecule has 0 aliphatic carbocycles. The van der Waals surface area contributed by atoms with Crippen molar-refractivity contribution in [3.05, 3.63) is 21.9 Å². The number of amides is 1. The smallest absolute Gasteiger partial charge is 0.217 e. The molecule has 2 heterocycles. The molecule has 0 aromatic carbocycles. The lowest BCUT2D eigenvalue weighted by Crippen LogP contribution is -2.35. The Morgan fingerprint density at radius 1 is 1.68 bits per heavy atom. The highest BCUT2D eigenvalue weighted by atomic mass is 32.1. The van der Waals surface area contributed by atoms with Crippen LogP contribution in [0, 0.1) is 11.8 Å². The molecule has 0 radical (unpaired) electrons. The molecule has 5 heteroatoms. The van der Waals surface area contributed by atoms with Gasteiger partial charge in [-0.05, 0) is 12.5 Å². The molecule has 1 aromatic heterocycles. The molecule has 2 rings (SSSR count). The van der Waals surface area contributed by atoms with Crippen molar-refractivity contribution in [1.82, 2.24) is 10.2 Å². The Kier molecular flexibility index (Phi) is 4.97. The van der Waals surface area contributed by atoms with Crippen molar-refractivity contribution < 1.29 is 9.90 Å². The number of carbonyl (C=O) groups excluding carboxylic acids is 1. The van der Waals surface area contributed by atoms with E-state index in [0.717, 1.165) is 31.6 Å². The van der Waals surface area contributed by atoms with Crippen LogP contribution >= 0.6 is 11.3 Å². The van der Waals surface area contributed by atoms with Crippen molar-refractivity contribution in [1.29, 1.82) is 0 Å². The van der Waals surface area contributed by atoms with Crippen molar-refractivity contribution in [2.24, 2.45) is 0 Å². The molecule has 0 bridgehead atoms. The third-order valence-corrected chi connectivity index (χ3v) is 3.95. The van der Waals surface area contributed by atoms with Gasteiger partial charge in [-0.15, -0.1) is 11.3 Å². The summed E-state index contributed by atoms with van der Waals surface area (Å²) in [6, 6.07) is 2.35. The number of aliphatic hydroxyl groups is 1. The first-order valence-corrected chi connectivity index (χ1v) is 7.22. The summed E-state index contributed by atoms with van der Waals surface area (Å²) in [6.07, 6.45) is 1.02. The fourth-order valence-corrected chi connectivity index (χ4v) is 3.13. The van der Waals surface area contributed by atoms with E-state index in [1.807, 2.05) is 5.38 Å². The van der Waals surface area contributed by atoms with Crippen LogP contribution in [-0.4, -0.2) is 41.7 Å². The number of nitrogens with zero attached hydrogens (tertiary/aromatic N) is 1. The van der Waals surface area contributed by atoms with E-state index in [1.165, 1.54) is 4.88 Å². The standard InChI is InChI=1S/C14H18N2O2S/c1-11(18)15-13-4-5-16(8-13)9-14-7-12(10-19-14)3-2-6-17/h7,10,13,17H,4-6,8-9H2,1H3,(H,15,18). The van der Waals surface area contributed by atoms with Crippen molar-refractivity contribution in [2.75, 3.05) is 19.7 Å². The van der Waals surface area contributed by atoms with Crippen LogP contribution in [0.1, 0.15) is 23.8 Å². The maximum atomic E-state index is 11.0. The topological polar surface area (TPSA) is 52.6 Å². The molecule has 0 saturated carbocycles. The number of nitrogens with one attached hydrogen (secondary N) is 1. The predicted molar refractivity (Wildman–Crippen MR) is 75.8 cm³/mol. The minimum Gasteiger partial charge on any atom is -0.384 e. The first kappa shape index (κ1) is 14.1. The lowest BCUT2D eigenvalue weighted by molar-refractivity contribution is -0.119. The largest absolute Gasteiger partial charge is 0.384 e. The lowest BCUT2D eigenvalue weighted by atomic mass is 10.2. The van der Waals surface area contributed by atoms with E-state index in [1.54, 1.807) is 18.3 Å². The van der Waals surface area contributed by atoms with E-state index in [0.29, 0.717) is 0 Å². The van der Waals surface area contributed by atoms with E-state index in [4.69, 9.17) is 5.11 Å². The van der Waals surface area contributed by atoms with Gasteiger partial charge in [-0.25, -0.2) is 0 Å². The van der Waals surface area contributed by atoms with Gasteiger partial charge in [-0.1, -0.05) is 11.8 Å². The van der Waals surface area contributed by atoms with Crippen LogP contribution in [0.25, 0.3) is 0 Å². The highest BCUT2D eigenvalue weighted by Gasteiger charge is 2.23. The molecule has 2 N–H and O–H groups in total. The zero-order valence-corrected chi connectivity index (χ0v) is 11.8. The van der Waals surface area contributed by atoms with Gasteiger partial charge in [0.2, 0.25) is 5.91 Å². The third kappa shape index (κ3) is 4.35. The fourth-order valence-electron chi connectivity index (χ4n) is 2.27.